The van der Waals surface area contributed by atoms with Gasteiger partial charge in [-0.1, -0.05) is 29.8 Å². The van der Waals surface area contributed by atoms with Gasteiger partial charge in [0.1, 0.15) is 22.9 Å². The van der Waals surface area contributed by atoms with E-state index in [4.69, 9.17) is 42.4 Å². The zero-order valence-corrected chi connectivity index (χ0v) is 23.5. The number of hydrogen-bond donors (Lipinski definition) is 1. The molecule has 0 saturated heterocycles. The van der Waals surface area contributed by atoms with Gasteiger partial charge in [-0.25, -0.2) is 9.97 Å². The van der Waals surface area contributed by atoms with E-state index in [0.29, 0.717) is 73.3 Å². The van der Waals surface area contributed by atoms with Crippen molar-refractivity contribution in [2.75, 3.05) is 26.1 Å². The van der Waals surface area contributed by atoms with E-state index in [9.17, 15) is 4.79 Å². The second-order valence-corrected chi connectivity index (χ2v) is 9.42. The standard InChI is InChI=1S/C29H25Cl2N5O4/c1-5-18(37)11-16-12-19(40-6-2)7-8-21(16)34-29-33-15-17-13-20(28-32-9-10-36(28)27(17)35-29)24-25(30)22(38-3)14-23(39-4)26(24)31/h5,7-10,12-15H,1,6,11H2,2-4H3,(H,33,34,35). The van der Waals surface area contributed by atoms with Gasteiger partial charge in [-0.05, 0) is 42.8 Å². The molecule has 0 atom stereocenters. The van der Waals surface area contributed by atoms with Crippen LogP contribution in [-0.2, 0) is 11.2 Å². The summed E-state index contributed by atoms with van der Waals surface area (Å²) in [7, 11) is 3.05. The van der Waals surface area contributed by atoms with E-state index in [0.717, 1.165) is 5.56 Å². The van der Waals surface area contributed by atoms with Crippen molar-refractivity contribution < 1.29 is 19.0 Å². The lowest BCUT2D eigenvalue weighted by atomic mass is 10.0. The number of carbonyl (C=O) groups is 1. The Hall–Kier alpha value is -4.34. The minimum atomic E-state index is -0.115. The minimum Gasteiger partial charge on any atom is -0.495 e. The average molecular weight is 578 g/mol. The fraction of sp³-hybridized carbons (Fsp3) is 0.172. The first-order valence-electron chi connectivity index (χ1n) is 12.3. The molecule has 3 heterocycles. The highest BCUT2D eigenvalue weighted by Gasteiger charge is 2.22. The SMILES string of the molecule is C=CC(=O)Cc1cc(OCC)ccc1Nc1ncc2cc(-c3c(Cl)c(OC)cc(OC)c3Cl)c3nccn3c2n1. The molecule has 0 aliphatic carbocycles. The molecule has 0 fully saturated rings. The summed E-state index contributed by atoms with van der Waals surface area (Å²) in [6, 6.07) is 8.99. The Morgan fingerprint density at radius 1 is 1.07 bits per heavy atom. The Morgan fingerprint density at radius 3 is 2.50 bits per heavy atom. The number of hydrogen-bond acceptors (Lipinski definition) is 8. The second-order valence-electron chi connectivity index (χ2n) is 8.66. The molecule has 204 valence electrons. The fourth-order valence-electron chi connectivity index (χ4n) is 4.41. The number of benzene rings is 2. The third kappa shape index (κ3) is 5.01. The van der Waals surface area contributed by atoms with Gasteiger partial charge in [-0.15, -0.1) is 0 Å². The molecule has 0 spiro atoms. The summed E-state index contributed by atoms with van der Waals surface area (Å²) in [4.78, 5) is 26.0. The predicted molar refractivity (Wildman–Crippen MR) is 157 cm³/mol. The minimum absolute atomic E-state index is 0.115. The maximum absolute atomic E-state index is 12.2. The van der Waals surface area contributed by atoms with Crippen molar-refractivity contribution in [1.82, 2.24) is 19.4 Å². The van der Waals surface area contributed by atoms with Crippen LogP contribution in [0.4, 0.5) is 11.6 Å². The molecule has 9 nitrogen and oxygen atoms in total. The number of allylic oxidation sites excluding steroid dienone is 1. The van der Waals surface area contributed by atoms with Gasteiger partial charge in [0.2, 0.25) is 5.95 Å². The number of anilines is 2. The van der Waals surface area contributed by atoms with E-state index in [1.807, 2.05) is 35.6 Å². The van der Waals surface area contributed by atoms with Crippen LogP contribution >= 0.6 is 23.2 Å². The van der Waals surface area contributed by atoms with Crippen molar-refractivity contribution in [2.24, 2.45) is 0 Å². The number of pyridine rings is 1. The molecule has 5 rings (SSSR count). The van der Waals surface area contributed by atoms with Crippen molar-refractivity contribution in [1.29, 1.82) is 0 Å². The normalized spacial score (nSPS) is 11.0. The molecule has 40 heavy (non-hydrogen) atoms. The second kappa shape index (κ2) is 11.4. The summed E-state index contributed by atoms with van der Waals surface area (Å²) < 4.78 is 18.4. The van der Waals surface area contributed by atoms with Crippen molar-refractivity contribution in [2.45, 2.75) is 13.3 Å². The first-order valence-corrected chi connectivity index (χ1v) is 13.0. The third-order valence-corrected chi connectivity index (χ3v) is 7.03. The summed E-state index contributed by atoms with van der Waals surface area (Å²) in [5, 5.41) is 4.61. The third-order valence-electron chi connectivity index (χ3n) is 6.28. The van der Waals surface area contributed by atoms with E-state index >= 15 is 0 Å². The number of carbonyl (C=O) groups excluding carboxylic acids is 1. The zero-order valence-electron chi connectivity index (χ0n) is 22.0. The maximum Gasteiger partial charge on any atom is 0.229 e. The highest BCUT2D eigenvalue weighted by atomic mass is 35.5. The van der Waals surface area contributed by atoms with Crippen LogP contribution in [0.15, 0.2) is 61.6 Å². The van der Waals surface area contributed by atoms with E-state index in [-0.39, 0.29) is 12.2 Å². The van der Waals surface area contributed by atoms with Crippen LogP contribution in [0.3, 0.4) is 0 Å². The number of rotatable bonds is 10. The number of aromatic nitrogens is 4. The van der Waals surface area contributed by atoms with Crippen molar-refractivity contribution in [3.05, 3.63) is 77.2 Å². The molecule has 0 aliphatic rings. The number of fused-ring (bicyclic) bond motifs is 3. The number of methoxy groups -OCH3 is 2. The van der Waals surface area contributed by atoms with Crippen molar-refractivity contribution >= 4 is 57.3 Å². The predicted octanol–water partition coefficient (Wildman–Crippen LogP) is 6.71. The summed E-state index contributed by atoms with van der Waals surface area (Å²) >= 11 is 13.4. The largest absolute Gasteiger partial charge is 0.495 e. The van der Waals surface area contributed by atoms with E-state index in [1.165, 1.54) is 20.3 Å². The molecule has 0 saturated carbocycles. The lowest BCUT2D eigenvalue weighted by Gasteiger charge is -2.16. The van der Waals surface area contributed by atoms with Crippen LogP contribution < -0.4 is 19.5 Å². The Morgan fingerprint density at radius 2 is 1.82 bits per heavy atom. The van der Waals surface area contributed by atoms with Crippen LogP contribution in [-0.4, -0.2) is 46.0 Å². The molecular weight excluding hydrogens is 553 g/mol. The van der Waals surface area contributed by atoms with E-state index < -0.39 is 0 Å². The summed E-state index contributed by atoms with van der Waals surface area (Å²) in [6.07, 6.45) is 6.60. The topological polar surface area (TPSA) is 99.9 Å². The molecule has 0 bridgehead atoms. The summed E-state index contributed by atoms with van der Waals surface area (Å²) in [5.41, 5.74) is 3.77. The molecule has 0 radical (unpaired) electrons. The number of imidazole rings is 1. The van der Waals surface area contributed by atoms with Gasteiger partial charge in [0.05, 0.1) is 30.9 Å². The molecule has 2 aromatic carbocycles. The summed E-state index contributed by atoms with van der Waals surface area (Å²) in [5.74, 6) is 1.72. The molecular formula is C29H25Cl2N5O4. The van der Waals surface area contributed by atoms with Gasteiger partial charge >= 0.3 is 0 Å². The highest BCUT2D eigenvalue weighted by Crippen LogP contribution is 2.47. The number of ketones is 1. The zero-order chi connectivity index (χ0) is 28.4. The molecule has 0 unspecified atom stereocenters. The monoisotopic (exact) mass is 577 g/mol. The molecule has 3 aromatic heterocycles. The first-order chi connectivity index (χ1) is 19.4. The van der Waals surface area contributed by atoms with Crippen LogP contribution in [0, 0.1) is 0 Å². The smallest absolute Gasteiger partial charge is 0.229 e. The van der Waals surface area contributed by atoms with Crippen molar-refractivity contribution in [3.63, 3.8) is 0 Å². The lowest BCUT2D eigenvalue weighted by molar-refractivity contribution is -0.114. The molecule has 11 heteroatoms. The number of halogens is 2. The number of nitrogens with one attached hydrogen (secondary N) is 1. The number of nitrogens with zero attached hydrogens (tertiary/aromatic N) is 4. The van der Waals surface area contributed by atoms with Crippen LogP contribution in [0.5, 0.6) is 17.2 Å². The van der Waals surface area contributed by atoms with E-state index in [1.54, 1.807) is 24.7 Å². The molecule has 5 aromatic rings. The molecule has 0 amide bonds. The van der Waals surface area contributed by atoms with Crippen molar-refractivity contribution in [3.8, 4) is 28.4 Å². The van der Waals surface area contributed by atoms with Gasteiger partial charge in [0.15, 0.2) is 11.4 Å². The lowest BCUT2D eigenvalue weighted by Crippen LogP contribution is -2.06. The van der Waals surface area contributed by atoms with Gasteiger partial charge in [0.25, 0.3) is 0 Å². The Kier molecular flexibility index (Phi) is 7.77. The molecule has 1 N–H and O–H groups in total. The van der Waals surface area contributed by atoms with Crippen LogP contribution in [0.1, 0.15) is 12.5 Å². The summed E-state index contributed by atoms with van der Waals surface area (Å²) in [6.45, 7) is 5.99. The Balaban J connectivity index is 1.62. The van der Waals surface area contributed by atoms with Crippen LogP contribution in [0.2, 0.25) is 10.0 Å². The van der Waals surface area contributed by atoms with Gasteiger partial charge < -0.3 is 19.5 Å². The average Bonchev–Trinajstić information content (AvgIpc) is 3.45. The fourth-order valence-corrected chi connectivity index (χ4v) is 5.12. The Labute approximate surface area is 240 Å². The van der Waals surface area contributed by atoms with Crippen LogP contribution in [0.25, 0.3) is 27.8 Å². The van der Waals surface area contributed by atoms with Gasteiger partial charge in [-0.2, -0.15) is 4.98 Å². The highest BCUT2D eigenvalue weighted by molar-refractivity contribution is 6.41. The van der Waals surface area contributed by atoms with Gasteiger partial charge in [0, 0.05) is 53.3 Å². The maximum atomic E-state index is 12.2. The number of ether oxygens (including phenoxy) is 3. The Bertz CT molecular complexity index is 1740. The van der Waals surface area contributed by atoms with E-state index in [2.05, 4.69) is 21.9 Å². The first kappa shape index (κ1) is 27.2. The van der Waals surface area contributed by atoms with Gasteiger partial charge in [-0.3, -0.25) is 9.20 Å². The molecule has 0 aliphatic heterocycles. The quantitative estimate of drug-likeness (QED) is 0.183.